The standard InChI is InChI=1S/C12H12ClN3O3/c1-2-19-12(18)14-10-7-11(17)16(15-10)9-5-3-4-8(13)6-9/h3-6H,2,7H2,1H3,(H,14,15,18). The van der Waals surface area contributed by atoms with Crippen LogP contribution in [-0.2, 0) is 9.53 Å². The Kier molecular flexibility index (Phi) is 4.01. The third-order valence-electron chi connectivity index (χ3n) is 2.35. The van der Waals surface area contributed by atoms with Crippen molar-refractivity contribution in [1.29, 1.82) is 0 Å². The van der Waals surface area contributed by atoms with Crippen LogP contribution < -0.4 is 10.3 Å². The number of nitrogens with one attached hydrogen (secondary N) is 1. The molecule has 19 heavy (non-hydrogen) atoms. The molecule has 1 aromatic carbocycles. The van der Waals surface area contributed by atoms with Crippen molar-refractivity contribution in [3.63, 3.8) is 0 Å². The van der Waals surface area contributed by atoms with Gasteiger partial charge in [0.1, 0.15) is 5.84 Å². The summed E-state index contributed by atoms with van der Waals surface area (Å²) >= 11 is 5.86. The summed E-state index contributed by atoms with van der Waals surface area (Å²) in [6, 6.07) is 6.75. The van der Waals surface area contributed by atoms with E-state index in [-0.39, 0.29) is 24.8 Å². The van der Waals surface area contributed by atoms with E-state index < -0.39 is 6.09 Å². The molecular formula is C12H12ClN3O3. The largest absolute Gasteiger partial charge is 0.450 e. The molecule has 0 bridgehead atoms. The highest BCUT2D eigenvalue weighted by molar-refractivity contribution is 6.31. The molecule has 0 unspecified atom stereocenters. The van der Waals surface area contributed by atoms with Crippen molar-refractivity contribution in [2.24, 2.45) is 5.10 Å². The zero-order chi connectivity index (χ0) is 13.8. The minimum atomic E-state index is -0.623. The first-order valence-electron chi connectivity index (χ1n) is 5.70. The number of anilines is 1. The van der Waals surface area contributed by atoms with Gasteiger partial charge in [0.2, 0.25) is 0 Å². The topological polar surface area (TPSA) is 71.0 Å². The first-order valence-corrected chi connectivity index (χ1v) is 6.07. The van der Waals surface area contributed by atoms with Crippen molar-refractivity contribution in [3.8, 4) is 0 Å². The average Bonchev–Trinajstić information content (AvgIpc) is 2.70. The number of halogens is 1. The van der Waals surface area contributed by atoms with Gasteiger partial charge in [-0.1, -0.05) is 17.7 Å². The van der Waals surface area contributed by atoms with Crippen LogP contribution in [0.1, 0.15) is 13.3 Å². The lowest BCUT2D eigenvalue weighted by atomic mass is 10.3. The second-order valence-electron chi connectivity index (χ2n) is 3.75. The van der Waals surface area contributed by atoms with Gasteiger partial charge < -0.3 is 4.74 Å². The van der Waals surface area contributed by atoms with Crippen molar-refractivity contribution in [3.05, 3.63) is 29.3 Å². The Balaban J connectivity index is 2.12. The quantitative estimate of drug-likeness (QED) is 0.903. The molecule has 1 N–H and O–H groups in total. The summed E-state index contributed by atoms with van der Waals surface area (Å²) in [4.78, 5) is 23.0. The van der Waals surface area contributed by atoms with Gasteiger partial charge in [0, 0.05) is 5.02 Å². The number of benzene rings is 1. The minimum Gasteiger partial charge on any atom is -0.450 e. The lowest BCUT2D eigenvalue weighted by molar-refractivity contribution is -0.116. The lowest BCUT2D eigenvalue weighted by Gasteiger charge is -2.11. The lowest BCUT2D eigenvalue weighted by Crippen LogP contribution is -2.30. The first-order chi connectivity index (χ1) is 9.10. The highest BCUT2D eigenvalue weighted by Crippen LogP contribution is 2.23. The third-order valence-corrected chi connectivity index (χ3v) is 2.59. The molecule has 1 heterocycles. The Hall–Kier alpha value is -2.08. The Bertz CT molecular complexity index is 545. The Morgan fingerprint density at radius 2 is 2.37 bits per heavy atom. The molecule has 0 aliphatic carbocycles. The van der Waals surface area contributed by atoms with Crippen LogP contribution >= 0.6 is 11.6 Å². The fourth-order valence-corrected chi connectivity index (χ4v) is 1.78. The van der Waals surface area contributed by atoms with Crippen LogP contribution in [0.4, 0.5) is 10.5 Å². The van der Waals surface area contributed by atoms with E-state index in [0.717, 1.165) is 0 Å². The van der Waals surface area contributed by atoms with Crippen LogP contribution in [0.25, 0.3) is 0 Å². The van der Waals surface area contributed by atoms with Gasteiger partial charge in [-0.2, -0.15) is 10.1 Å². The van der Waals surface area contributed by atoms with E-state index in [1.807, 2.05) is 0 Å². The molecule has 1 aromatic rings. The number of rotatable bonds is 2. The van der Waals surface area contributed by atoms with Crippen molar-refractivity contribution in [2.45, 2.75) is 13.3 Å². The number of amidine groups is 1. The maximum Gasteiger partial charge on any atom is 0.412 e. The summed E-state index contributed by atoms with van der Waals surface area (Å²) < 4.78 is 4.72. The number of carbonyl (C=O) groups is 2. The minimum absolute atomic E-state index is 0.0192. The van der Waals surface area contributed by atoms with Gasteiger partial charge in [-0.3, -0.25) is 10.1 Å². The highest BCUT2D eigenvalue weighted by Gasteiger charge is 2.26. The van der Waals surface area contributed by atoms with Crippen LogP contribution in [0.2, 0.25) is 5.02 Å². The smallest absolute Gasteiger partial charge is 0.412 e. The SMILES string of the molecule is CCOC(=O)NC1=NN(c2cccc(Cl)c2)C(=O)C1. The number of nitrogens with zero attached hydrogens (tertiary/aromatic N) is 2. The summed E-state index contributed by atoms with van der Waals surface area (Å²) in [5.74, 6) is 0.0116. The van der Waals surface area contributed by atoms with E-state index in [2.05, 4.69) is 10.4 Å². The molecule has 1 aliphatic heterocycles. The molecule has 6 nitrogen and oxygen atoms in total. The molecule has 0 fully saturated rings. The van der Waals surface area contributed by atoms with Crippen LogP contribution in [0.15, 0.2) is 29.4 Å². The predicted octanol–water partition coefficient (Wildman–Crippen LogP) is 2.14. The second-order valence-corrected chi connectivity index (χ2v) is 4.19. The fraction of sp³-hybridized carbons (Fsp3) is 0.250. The maximum atomic E-state index is 11.8. The van der Waals surface area contributed by atoms with E-state index in [1.54, 1.807) is 31.2 Å². The summed E-state index contributed by atoms with van der Waals surface area (Å²) in [5, 5.41) is 8.16. The molecule has 0 saturated heterocycles. The average molecular weight is 282 g/mol. The summed E-state index contributed by atoms with van der Waals surface area (Å²) in [5.41, 5.74) is 0.554. The van der Waals surface area contributed by atoms with Crippen molar-refractivity contribution < 1.29 is 14.3 Å². The summed E-state index contributed by atoms with van der Waals surface area (Å²) in [6.45, 7) is 1.95. The zero-order valence-corrected chi connectivity index (χ0v) is 11.0. The molecule has 7 heteroatoms. The van der Waals surface area contributed by atoms with E-state index in [9.17, 15) is 9.59 Å². The van der Waals surface area contributed by atoms with E-state index in [1.165, 1.54) is 5.01 Å². The molecular weight excluding hydrogens is 270 g/mol. The highest BCUT2D eigenvalue weighted by atomic mass is 35.5. The number of alkyl carbamates (subject to hydrolysis) is 1. The predicted molar refractivity (Wildman–Crippen MR) is 71.1 cm³/mol. The molecule has 0 atom stereocenters. The van der Waals surface area contributed by atoms with Gasteiger partial charge in [-0.15, -0.1) is 0 Å². The molecule has 2 amide bonds. The number of hydrogen-bond donors (Lipinski definition) is 1. The van der Waals surface area contributed by atoms with Crippen LogP contribution in [0, 0.1) is 0 Å². The number of carbonyl (C=O) groups excluding carboxylic acids is 2. The first kappa shape index (κ1) is 13.4. The Morgan fingerprint density at radius 3 is 3.05 bits per heavy atom. The van der Waals surface area contributed by atoms with E-state index in [0.29, 0.717) is 10.7 Å². The maximum absolute atomic E-state index is 11.8. The van der Waals surface area contributed by atoms with E-state index >= 15 is 0 Å². The number of ether oxygens (including phenoxy) is 1. The Labute approximate surface area is 115 Å². The monoisotopic (exact) mass is 281 g/mol. The van der Waals surface area contributed by atoms with Crippen molar-refractivity contribution >= 4 is 35.1 Å². The fourth-order valence-electron chi connectivity index (χ4n) is 1.59. The van der Waals surface area contributed by atoms with Gasteiger partial charge >= 0.3 is 6.09 Å². The number of hydrazone groups is 1. The molecule has 1 aliphatic rings. The normalized spacial score (nSPS) is 14.3. The summed E-state index contributed by atoms with van der Waals surface area (Å²) in [6.07, 6.45) is -0.604. The van der Waals surface area contributed by atoms with Gasteiger partial charge in [-0.25, -0.2) is 4.79 Å². The molecule has 0 radical (unpaired) electrons. The van der Waals surface area contributed by atoms with Crippen molar-refractivity contribution in [1.82, 2.24) is 5.32 Å². The molecule has 0 spiro atoms. The second kappa shape index (κ2) is 5.71. The third kappa shape index (κ3) is 3.23. The molecule has 0 saturated carbocycles. The van der Waals surface area contributed by atoms with Gasteiger partial charge in [0.15, 0.2) is 0 Å². The summed E-state index contributed by atoms with van der Waals surface area (Å²) in [7, 11) is 0. The zero-order valence-electron chi connectivity index (χ0n) is 10.2. The molecule has 100 valence electrons. The molecule has 0 aromatic heterocycles. The van der Waals surface area contributed by atoms with Gasteiger partial charge in [0.25, 0.3) is 5.91 Å². The van der Waals surface area contributed by atoms with E-state index in [4.69, 9.17) is 16.3 Å². The van der Waals surface area contributed by atoms with Crippen molar-refractivity contribution in [2.75, 3.05) is 11.6 Å². The number of amides is 2. The van der Waals surface area contributed by atoms with Gasteiger partial charge in [0.05, 0.1) is 18.7 Å². The van der Waals surface area contributed by atoms with Crippen LogP contribution in [0.5, 0.6) is 0 Å². The molecule has 2 rings (SSSR count). The van der Waals surface area contributed by atoms with Crippen LogP contribution in [0.3, 0.4) is 0 Å². The number of hydrogen-bond acceptors (Lipinski definition) is 4. The Morgan fingerprint density at radius 1 is 1.58 bits per heavy atom. The van der Waals surface area contributed by atoms with Gasteiger partial charge in [-0.05, 0) is 25.1 Å². The van der Waals surface area contributed by atoms with Crippen LogP contribution in [-0.4, -0.2) is 24.4 Å².